The van der Waals surface area contributed by atoms with E-state index in [-0.39, 0.29) is 11.9 Å². The lowest BCUT2D eigenvalue weighted by atomic mass is 10.1. The number of rotatable bonds is 4. The summed E-state index contributed by atoms with van der Waals surface area (Å²) in [6, 6.07) is 14.5. The summed E-state index contributed by atoms with van der Waals surface area (Å²) in [7, 11) is 0. The van der Waals surface area contributed by atoms with E-state index >= 15 is 0 Å². The van der Waals surface area contributed by atoms with Gasteiger partial charge in [0.15, 0.2) is 0 Å². The molecule has 0 aromatic heterocycles. The molecule has 2 aromatic carbocycles. The minimum Gasteiger partial charge on any atom is -0.397 e. The molecule has 0 amide bonds. The van der Waals surface area contributed by atoms with Gasteiger partial charge in [-0.15, -0.1) is 0 Å². The smallest absolute Gasteiger partial charge is 0.123 e. The summed E-state index contributed by atoms with van der Waals surface area (Å²) in [5.41, 5.74) is 8.98. The average molecular weight is 300 g/mol. The summed E-state index contributed by atoms with van der Waals surface area (Å²) in [6.07, 6.45) is 2.22. The second-order valence-electron chi connectivity index (χ2n) is 5.68. The quantitative estimate of drug-likeness (QED) is 0.877. The highest BCUT2D eigenvalue weighted by atomic mass is 19.1. The molecule has 3 nitrogen and oxygen atoms in total. The first kappa shape index (κ1) is 14.9. The largest absolute Gasteiger partial charge is 0.397 e. The molecule has 2 aromatic rings. The van der Waals surface area contributed by atoms with Gasteiger partial charge in [0.2, 0.25) is 0 Å². The van der Waals surface area contributed by atoms with Crippen molar-refractivity contribution >= 4 is 11.4 Å². The first-order chi connectivity index (χ1) is 10.7. The molecule has 1 heterocycles. The molecule has 1 aliphatic heterocycles. The van der Waals surface area contributed by atoms with Crippen molar-refractivity contribution in [3.63, 3.8) is 0 Å². The van der Waals surface area contributed by atoms with Crippen LogP contribution in [0.5, 0.6) is 0 Å². The molecule has 0 radical (unpaired) electrons. The van der Waals surface area contributed by atoms with Crippen LogP contribution in [0.3, 0.4) is 0 Å². The molecular weight excluding hydrogens is 279 g/mol. The van der Waals surface area contributed by atoms with Crippen LogP contribution in [0, 0.1) is 5.82 Å². The molecule has 0 saturated carbocycles. The summed E-state index contributed by atoms with van der Waals surface area (Å²) in [6.45, 7) is 2.43. The molecule has 116 valence electrons. The normalized spacial score (nSPS) is 16.0. The molecule has 1 saturated heterocycles. The summed E-state index contributed by atoms with van der Waals surface area (Å²) in [5, 5.41) is 0. The van der Waals surface area contributed by atoms with Crippen molar-refractivity contribution in [2.75, 3.05) is 23.7 Å². The number of hydrogen-bond donors (Lipinski definition) is 1. The molecule has 0 atom stereocenters. The third-order valence-electron chi connectivity index (χ3n) is 4.12. The van der Waals surface area contributed by atoms with Crippen molar-refractivity contribution < 1.29 is 9.13 Å². The number of nitrogens with two attached hydrogens (primary N) is 1. The van der Waals surface area contributed by atoms with E-state index in [1.165, 1.54) is 12.1 Å². The molecule has 22 heavy (non-hydrogen) atoms. The summed E-state index contributed by atoms with van der Waals surface area (Å²) in [5.74, 6) is -0.211. The van der Waals surface area contributed by atoms with Gasteiger partial charge in [-0.1, -0.05) is 24.3 Å². The van der Waals surface area contributed by atoms with Gasteiger partial charge in [-0.25, -0.2) is 4.39 Å². The van der Waals surface area contributed by atoms with E-state index < -0.39 is 0 Å². The second-order valence-corrected chi connectivity index (χ2v) is 5.68. The van der Waals surface area contributed by atoms with Crippen LogP contribution in [0.2, 0.25) is 0 Å². The predicted molar refractivity (Wildman–Crippen MR) is 87.3 cm³/mol. The number of anilines is 2. The summed E-state index contributed by atoms with van der Waals surface area (Å²) < 4.78 is 18.8. The van der Waals surface area contributed by atoms with Gasteiger partial charge in [-0.05, 0) is 42.7 Å². The minimum absolute atomic E-state index is 0.211. The predicted octanol–water partition coefficient (Wildman–Crippen LogP) is 3.59. The SMILES string of the molecule is Nc1ccccc1N1CCC(OCc2ccc(F)cc2)CC1. The zero-order chi connectivity index (χ0) is 15.4. The Morgan fingerprint density at radius 1 is 1.05 bits per heavy atom. The highest BCUT2D eigenvalue weighted by Gasteiger charge is 2.20. The van der Waals surface area contributed by atoms with Crippen molar-refractivity contribution in [2.45, 2.75) is 25.6 Å². The van der Waals surface area contributed by atoms with Gasteiger partial charge in [0, 0.05) is 13.1 Å². The standard InChI is InChI=1S/C18H21FN2O/c19-15-7-5-14(6-8-15)13-22-16-9-11-21(12-10-16)18-4-2-1-3-17(18)20/h1-8,16H,9-13,20H2. The van der Waals surface area contributed by atoms with Crippen molar-refractivity contribution in [2.24, 2.45) is 0 Å². The van der Waals surface area contributed by atoms with Crippen molar-refractivity contribution in [3.8, 4) is 0 Å². The lowest BCUT2D eigenvalue weighted by Crippen LogP contribution is -2.37. The Labute approximate surface area is 130 Å². The Hall–Kier alpha value is -2.07. The van der Waals surface area contributed by atoms with E-state index in [2.05, 4.69) is 11.0 Å². The molecule has 0 unspecified atom stereocenters. The zero-order valence-corrected chi connectivity index (χ0v) is 12.5. The number of halogens is 1. The molecule has 2 N–H and O–H groups in total. The van der Waals surface area contributed by atoms with Crippen LogP contribution in [0.1, 0.15) is 18.4 Å². The van der Waals surface area contributed by atoms with E-state index in [1.54, 1.807) is 12.1 Å². The Balaban J connectivity index is 1.50. The maximum atomic E-state index is 12.9. The molecular formula is C18H21FN2O. The van der Waals surface area contributed by atoms with Crippen LogP contribution in [0.4, 0.5) is 15.8 Å². The Kier molecular flexibility index (Phi) is 4.59. The maximum absolute atomic E-state index is 12.9. The maximum Gasteiger partial charge on any atom is 0.123 e. The van der Waals surface area contributed by atoms with E-state index in [9.17, 15) is 4.39 Å². The molecule has 0 spiro atoms. The lowest BCUT2D eigenvalue weighted by molar-refractivity contribution is 0.0251. The fourth-order valence-electron chi connectivity index (χ4n) is 2.83. The summed E-state index contributed by atoms with van der Waals surface area (Å²) in [4.78, 5) is 2.31. The number of para-hydroxylation sites is 2. The van der Waals surface area contributed by atoms with E-state index in [0.717, 1.165) is 42.9 Å². The van der Waals surface area contributed by atoms with Crippen LogP contribution in [0.25, 0.3) is 0 Å². The Morgan fingerprint density at radius 3 is 2.41 bits per heavy atom. The van der Waals surface area contributed by atoms with Crippen LogP contribution < -0.4 is 10.6 Å². The molecule has 1 fully saturated rings. The fraction of sp³-hybridized carbons (Fsp3) is 0.333. The highest BCUT2D eigenvalue weighted by Crippen LogP contribution is 2.26. The number of nitrogen functional groups attached to an aromatic ring is 1. The van der Waals surface area contributed by atoms with Gasteiger partial charge in [0.1, 0.15) is 5.82 Å². The van der Waals surface area contributed by atoms with Crippen molar-refractivity contribution in [1.29, 1.82) is 0 Å². The second kappa shape index (κ2) is 6.79. The lowest BCUT2D eigenvalue weighted by Gasteiger charge is -2.34. The van der Waals surface area contributed by atoms with Crippen molar-refractivity contribution in [3.05, 3.63) is 59.9 Å². The number of piperidine rings is 1. The first-order valence-corrected chi connectivity index (χ1v) is 7.68. The van der Waals surface area contributed by atoms with Gasteiger partial charge in [0.05, 0.1) is 24.1 Å². The molecule has 1 aliphatic rings. The number of nitrogens with zero attached hydrogens (tertiary/aromatic N) is 1. The van der Waals surface area contributed by atoms with Gasteiger partial charge >= 0.3 is 0 Å². The van der Waals surface area contributed by atoms with Crippen LogP contribution in [0.15, 0.2) is 48.5 Å². The number of benzene rings is 2. The molecule has 0 aliphatic carbocycles. The third kappa shape index (κ3) is 3.57. The number of hydrogen-bond acceptors (Lipinski definition) is 3. The third-order valence-corrected chi connectivity index (χ3v) is 4.12. The molecule has 4 heteroatoms. The van der Waals surface area contributed by atoms with Gasteiger partial charge in [-0.3, -0.25) is 0 Å². The molecule has 0 bridgehead atoms. The fourth-order valence-corrected chi connectivity index (χ4v) is 2.83. The number of ether oxygens (including phenoxy) is 1. The van der Waals surface area contributed by atoms with E-state index in [1.807, 2.05) is 18.2 Å². The Bertz CT molecular complexity index is 607. The van der Waals surface area contributed by atoms with Crippen molar-refractivity contribution in [1.82, 2.24) is 0 Å². The summed E-state index contributed by atoms with van der Waals surface area (Å²) >= 11 is 0. The van der Waals surface area contributed by atoms with Gasteiger partial charge in [-0.2, -0.15) is 0 Å². The van der Waals surface area contributed by atoms with Gasteiger partial charge < -0.3 is 15.4 Å². The topological polar surface area (TPSA) is 38.5 Å². The first-order valence-electron chi connectivity index (χ1n) is 7.68. The Morgan fingerprint density at radius 2 is 1.73 bits per heavy atom. The average Bonchev–Trinajstić information content (AvgIpc) is 2.55. The van der Waals surface area contributed by atoms with E-state index in [4.69, 9.17) is 10.5 Å². The van der Waals surface area contributed by atoms with Crippen LogP contribution in [-0.4, -0.2) is 19.2 Å². The minimum atomic E-state index is -0.211. The molecule has 3 rings (SSSR count). The van der Waals surface area contributed by atoms with Crippen LogP contribution >= 0.6 is 0 Å². The monoisotopic (exact) mass is 300 g/mol. The van der Waals surface area contributed by atoms with Gasteiger partial charge in [0.25, 0.3) is 0 Å². The highest BCUT2D eigenvalue weighted by molar-refractivity contribution is 5.67. The van der Waals surface area contributed by atoms with Crippen LogP contribution in [-0.2, 0) is 11.3 Å². The van der Waals surface area contributed by atoms with E-state index in [0.29, 0.717) is 6.61 Å². The zero-order valence-electron chi connectivity index (χ0n) is 12.5.